The molecule has 10 heteroatoms. The lowest BCUT2D eigenvalue weighted by Gasteiger charge is -2.35. The average Bonchev–Trinajstić information content (AvgIpc) is 3.25. The molecule has 10 nitrogen and oxygen atoms in total. The second kappa shape index (κ2) is 12.5. The molecule has 0 N–H and O–H groups in total. The number of hydrazine groups is 1. The molecule has 1 fully saturated rings. The van der Waals surface area contributed by atoms with Crippen LogP contribution in [0, 0.1) is 0 Å². The third kappa shape index (κ3) is 7.77. The number of carbonyl (C=O) groups excluding carboxylic acids is 3. The highest BCUT2D eigenvalue weighted by atomic mass is 16.7. The molecule has 0 aliphatic carbocycles. The standard InChI is InChI=1S/C26H32N2O8/c1-19(22-17-35-26(2,3)36-22)27(4)28(24(30)33-16-21-13-9-6-10-14-21)25(31)34-18-23(29)32-15-20-11-7-5-8-12-20/h5-14,19,22H,15-18H2,1-4H3. The zero-order valence-corrected chi connectivity index (χ0v) is 20.9. The van der Waals surface area contributed by atoms with Crippen LogP contribution in [0.3, 0.4) is 0 Å². The molecule has 1 aliphatic rings. The second-order valence-corrected chi connectivity index (χ2v) is 8.73. The van der Waals surface area contributed by atoms with Crippen LogP contribution in [-0.2, 0) is 41.7 Å². The van der Waals surface area contributed by atoms with Gasteiger partial charge in [0, 0.05) is 7.05 Å². The Hall–Kier alpha value is -3.47. The highest BCUT2D eigenvalue weighted by molar-refractivity contribution is 5.88. The third-order valence-electron chi connectivity index (χ3n) is 5.58. The van der Waals surface area contributed by atoms with E-state index in [-0.39, 0.29) is 19.8 Å². The van der Waals surface area contributed by atoms with Crippen molar-refractivity contribution >= 4 is 18.2 Å². The van der Waals surface area contributed by atoms with Gasteiger partial charge in [0.15, 0.2) is 12.4 Å². The van der Waals surface area contributed by atoms with E-state index >= 15 is 0 Å². The molecule has 1 aliphatic heterocycles. The summed E-state index contributed by atoms with van der Waals surface area (Å²) in [6.07, 6.45) is -2.48. The van der Waals surface area contributed by atoms with Gasteiger partial charge >= 0.3 is 18.2 Å². The predicted molar refractivity (Wildman–Crippen MR) is 128 cm³/mol. The summed E-state index contributed by atoms with van der Waals surface area (Å²) in [4.78, 5) is 38.0. The van der Waals surface area contributed by atoms with Crippen LogP contribution in [0.2, 0.25) is 0 Å². The monoisotopic (exact) mass is 500 g/mol. The van der Waals surface area contributed by atoms with Crippen LogP contribution in [0.15, 0.2) is 60.7 Å². The Balaban J connectivity index is 1.63. The maximum Gasteiger partial charge on any atom is 0.435 e. The quantitative estimate of drug-likeness (QED) is 0.288. The van der Waals surface area contributed by atoms with Gasteiger partial charge in [-0.05, 0) is 31.9 Å². The number of likely N-dealkylation sites (N-methyl/N-ethyl adjacent to an activating group) is 1. The summed E-state index contributed by atoms with van der Waals surface area (Å²) in [6, 6.07) is 17.6. The van der Waals surface area contributed by atoms with Gasteiger partial charge in [-0.1, -0.05) is 60.7 Å². The third-order valence-corrected chi connectivity index (χ3v) is 5.58. The van der Waals surface area contributed by atoms with Gasteiger partial charge in [0.1, 0.15) is 19.3 Å². The summed E-state index contributed by atoms with van der Waals surface area (Å²) in [5, 5.41) is 2.05. The molecule has 0 bridgehead atoms. The van der Waals surface area contributed by atoms with E-state index in [0.717, 1.165) is 11.1 Å². The van der Waals surface area contributed by atoms with Crippen molar-refractivity contribution in [3.63, 3.8) is 0 Å². The molecule has 2 unspecified atom stereocenters. The largest absolute Gasteiger partial charge is 0.458 e. The van der Waals surface area contributed by atoms with Crippen molar-refractivity contribution in [2.45, 2.75) is 51.9 Å². The van der Waals surface area contributed by atoms with Crippen molar-refractivity contribution in [2.75, 3.05) is 20.3 Å². The molecule has 3 rings (SSSR count). The minimum atomic E-state index is -1.09. The normalized spacial score (nSPS) is 17.3. The maximum absolute atomic E-state index is 13.0. The molecule has 194 valence electrons. The van der Waals surface area contributed by atoms with E-state index in [1.54, 1.807) is 45.0 Å². The van der Waals surface area contributed by atoms with Crippen LogP contribution < -0.4 is 0 Å². The Kier molecular flexibility index (Phi) is 9.40. The van der Waals surface area contributed by atoms with Crippen molar-refractivity contribution in [1.29, 1.82) is 0 Å². The Morgan fingerprint density at radius 1 is 0.917 bits per heavy atom. The van der Waals surface area contributed by atoms with Crippen molar-refractivity contribution in [1.82, 2.24) is 10.0 Å². The van der Waals surface area contributed by atoms with E-state index in [9.17, 15) is 14.4 Å². The number of ether oxygens (including phenoxy) is 5. The lowest BCUT2D eigenvalue weighted by Crippen LogP contribution is -2.55. The van der Waals surface area contributed by atoms with Crippen LogP contribution in [0.25, 0.3) is 0 Å². The smallest absolute Gasteiger partial charge is 0.435 e. The fraction of sp³-hybridized carbons (Fsp3) is 0.423. The van der Waals surface area contributed by atoms with E-state index in [4.69, 9.17) is 23.7 Å². The van der Waals surface area contributed by atoms with Gasteiger partial charge in [0.2, 0.25) is 0 Å². The number of esters is 1. The molecule has 1 saturated heterocycles. The number of hydrogen-bond acceptors (Lipinski definition) is 9. The Morgan fingerprint density at radius 3 is 1.97 bits per heavy atom. The first-order chi connectivity index (χ1) is 17.2. The molecule has 0 aromatic heterocycles. The number of imide groups is 1. The molecule has 1 heterocycles. The Morgan fingerprint density at radius 2 is 1.44 bits per heavy atom. The Labute approximate surface area is 210 Å². The zero-order valence-electron chi connectivity index (χ0n) is 20.9. The second-order valence-electron chi connectivity index (χ2n) is 8.73. The number of carbonyl (C=O) groups is 3. The highest BCUT2D eigenvalue weighted by Gasteiger charge is 2.41. The lowest BCUT2D eigenvalue weighted by atomic mass is 10.2. The predicted octanol–water partition coefficient (Wildman–Crippen LogP) is 3.89. The van der Waals surface area contributed by atoms with Gasteiger partial charge in [-0.3, -0.25) is 0 Å². The summed E-state index contributed by atoms with van der Waals surface area (Å²) in [6.45, 7) is 4.90. The van der Waals surface area contributed by atoms with Crippen molar-refractivity contribution < 1.29 is 38.1 Å². The minimum Gasteiger partial charge on any atom is -0.458 e. The molecule has 2 aromatic rings. The zero-order chi connectivity index (χ0) is 26.1. The van der Waals surface area contributed by atoms with E-state index in [0.29, 0.717) is 5.01 Å². The highest BCUT2D eigenvalue weighted by Crippen LogP contribution is 2.26. The number of benzene rings is 2. The number of hydrogen-bond donors (Lipinski definition) is 0. The van der Waals surface area contributed by atoms with Crippen LogP contribution in [-0.4, -0.2) is 66.4 Å². The van der Waals surface area contributed by atoms with Gasteiger partial charge in [0.05, 0.1) is 12.6 Å². The molecule has 2 aromatic carbocycles. The molecule has 36 heavy (non-hydrogen) atoms. The summed E-state index contributed by atoms with van der Waals surface area (Å²) < 4.78 is 27.1. The van der Waals surface area contributed by atoms with E-state index in [1.807, 2.05) is 36.4 Å². The van der Waals surface area contributed by atoms with E-state index in [1.165, 1.54) is 12.1 Å². The van der Waals surface area contributed by atoms with Crippen molar-refractivity contribution in [2.24, 2.45) is 0 Å². The topological polar surface area (TPSA) is 104 Å². The molecular formula is C26H32N2O8. The fourth-order valence-electron chi connectivity index (χ4n) is 3.45. The number of nitrogens with zero attached hydrogens (tertiary/aromatic N) is 2. The van der Waals surface area contributed by atoms with Crippen LogP contribution in [0.4, 0.5) is 9.59 Å². The summed E-state index contributed by atoms with van der Waals surface area (Å²) in [5.74, 6) is -1.55. The summed E-state index contributed by atoms with van der Waals surface area (Å²) in [5.41, 5.74) is 1.53. The molecule has 2 atom stereocenters. The SMILES string of the molecule is CC(C1COC(C)(C)O1)N(C)N(C(=O)OCC(=O)OCc1ccccc1)C(=O)OCc1ccccc1. The first-order valence-electron chi connectivity index (χ1n) is 11.6. The van der Waals surface area contributed by atoms with Gasteiger partial charge in [0.25, 0.3) is 0 Å². The molecular weight excluding hydrogens is 468 g/mol. The van der Waals surface area contributed by atoms with Gasteiger partial charge in [-0.15, -0.1) is 5.01 Å². The van der Waals surface area contributed by atoms with Crippen LogP contribution >= 0.6 is 0 Å². The summed E-state index contributed by atoms with van der Waals surface area (Å²) >= 11 is 0. The van der Waals surface area contributed by atoms with E-state index in [2.05, 4.69) is 0 Å². The van der Waals surface area contributed by atoms with Gasteiger partial charge < -0.3 is 23.7 Å². The molecule has 0 radical (unpaired) electrons. The minimum absolute atomic E-state index is 0.0335. The van der Waals surface area contributed by atoms with Crippen LogP contribution in [0.5, 0.6) is 0 Å². The number of amides is 2. The Bertz CT molecular complexity index is 1020. The first kappa shape index (κ1) is 27.1. The average molecular weight is 501 g/mol. The lowest BCUT2D eigenvalue weighted by molar-refractivity contribution is -0.154. The van der Waals surface area contributed by atoms with Crippen LogP contribution in [0.1, 0.15) is 31.9 Å². The van der Waals surface area contributed by atoms with Crippen molar-refractivity contribution in [3.05, 3.63) is 71.8 Å². The molecule has 2 amide bonds. The van der Waals surface area contributed by atoms with Crippen molar-refractivity contribution in [3.8, 4) is 0 Å². The molecule has 0 spiro atoms. The molecule has 0 saturated carbocycles. The summed E-state index contributed by atoms with van der Waals surface area (Å²) in [7, 11) is 1.53. The fourth-order valence-corrected chi connectivity index (χ4v) is 3.45. The van der Waals surface area contributed by atoms with E-state index < -0.39 is 42.7 Å². The maximum atomic E-state index is 13.0. The van der Waals surface area contributed by atoms with Gasteiger partial charge in [-0.2, -0.15) is 0 Å². The first-order valence-corrected chi connectivity index (χ1v) is 11.6. The van der Waals surface area contributed by atoms with Gasteiger partial charge in [-0.25, -0.2) is 19.4 Å². The number of rotatable bonds is 9.